The molecule has 1 unspecified atom stereocenters. The number of amides is 2. The van der Waals surface area contributed by atoms with E-state index in [1.807, 2.05) is 23.8 Å². The number of rotatable bonds is 6. The van der Waals surface area contributed by atoms with Crippen molar-refractivity contribution in [3.8, 4) is 0 Å². The summed E-state index contributed by atoms with van der Waals surface area (Å²) in [6, 6.07) is 8.42. The first-order chi connectivity index (χ1) is 11.3. The van der Waals surface area contributed by atoms with Gasteiger partial charge in [-0.2, -0.15) is 11.3 Å². The fourth-order valence-electron chi connectivity index (χ4n) is 2.18. The molecule has 24 heavy (non-hydrogen) atoms. The van der Waals surface area contributed by atoms with Crippen LogP contribution in [0.4, 0.5) is 0 Å². The van der Waals surface area contributed by atoms with Crippen LogP contribution in [0.5, 0.6) is 0 Å². The van der Waals surface area contributed by atoms with E-state index in [1.54, 1.807) is 43.1 Å². The quantitative estimate of drug-likeness (QED) is 0.844. The molecule has 0 bridgehead atoms. The first-order valence-electron chi connectivity index (χ1n) is 7.74. The highest BCUT2D eigenvalue weighted by molar-refractivity contribution is 7.08. The third-order valence-electron chi connectivity index (χ3n) is 3.93. The van der Waals surface area contributed by atoms with Crippen molar-refractivity contribution in [1.82, 2.24) is 10.2 Å². The summed E-state index contributed by atoms with van der Waals surface area (Å²) < 4.78 is 0. The number of carbonyl (C=O) groups excluding carboxylic acids is 2. The van der Waals surface area contributed by atoms with Crippen molar-refractivity contribution in [2.24, 2.45) is 0 Å². The standard InChI is InChI=1S/C18H22N2O3S/c1-4-20(3)17(22)14-7-5-6-13(10-14)16(21)19-12-18(2,23)15-8-9-24-11-15/h5-11,23H,4,12H2,1-3H3,(H,19,21). The SMILES string of the molecule is CCN(C)C(=O)c1cccc(C(=O)NCC(C)(O)c2ccsc2)c1. The van der Waals surface area contributed by atoms with Crippen LogP contribution >= 0.6 is 11.3 Å². The van der Waals surface area contributed by atoms with Crippen molar-refractivity contribution in [1.29, 1.82) is 0 Å². The monoisotopic (exact) mass is 346 g/mol. The lowest BCUT2D eigenvalue weighted by Crippen LogP contribution is -2.38. The molecule has 0 aliphatic heterocycles. The van der Waals surface area contributed by atoms with E-state index in [0.717, 1.165) is 5.56 Å². The Balaban J connectivity index is 2.06. The summed E-state index contributed by atoms with van der Waals surface area (Å²) in [4.78, 5) is 26.1. The van der Waals surface area contributed by atoms with Crippen molar-refractivity contribution in [2.75, 3.05) is 20.1 Å². The van der Waals surface area contributed by atoms with Gasteiger partial charge in [-0.05, 0) is 54.4 Å². The number of nitrogens with one attached hydrogen (secondary N) is 1. The molecule has 0 radical (unpaired) electrons. The molecule has 0 spiro atoms. The van der Waals surface area contributed by atoms with Gasteiger partial charge in [-0.15, -0.1) is 0 Å². The first kappa shape index (κ1) is 18.2. The summed E-state index contributed by atoms with van der Waals surface area (Å²) in [5.74, 6) is -0.447. The van der Waals surface area contributed by atoms with Gasteiger partial charge >= 0.3 is 0 Å². The molecule has 1 aromatic carbocycles. The summed E-state index contributed by atoms with van der Waals surface area (Å²) in [6.07, 6.45) is 0. The lowest BCUT2D eigenvalue weighted by atomic mass is 9.99. The van der Waals surface area contributed by atoms with Gasteiger partial charge in [0.05, 0.1) is 6.54 Å². The molecule has 0 saturated carbocycles. The van der Waals surface area contributed by atoms with Crippen LogP contribution in [0.1, 0.15) is 40.1 Å². The van der Waals surface area contributed by atoms with Gasteiger partial charge in [-0.1, -0.05) is 6.07 Å². The third-order valence-corrected chi connectivity index (χ3v) is 4.61. The van der Waals surface area contributed by atoms with Crippen molar-refractivity contribution in [3.05, 3.63) is 57.8 Å². The van der Waals surface area contributed by atoms with E-state index in [2.05, 4.69) is 5.32 Å². The van der Waals surface area contributed by atoms with Crippen LogP contribution in [-0.2, 0) is 5.60 Å². The fraction of sp³-hybridized carbons (Fsp3) is 0.333. The molecule has 0 saturated heterocycles. The molecule has 1 heterocycles. The molecule has 0 aliphatic carbocycles. The number of hydrogen-bond donors (Lipinski definition) is 2. The van der Waals surface area contributed by atoms with Crippen LogP contribution in [0, 0.1) is 0 Å². The molecule has 2 rings (SSSR count). The molecule has 1 atom stereocenters. The summed E-state index contributed by atoms with van der Waals surface area (Å²) in [7, 11) is 1.72. The lowest BCUT2D eigenvalue weighted by Gasteiger charge is -2.23. The van der Waals surface area contributed by atoms with Crippen LogP contribution < -0.4 is 5.32 Å². The van der Waals surface area contributed by atoms with E-state index in [4.69, 9.17) is 0 Å². The van der Waals surface area contributed by atoms with Gasteiger partial charge in [0.2, 0.25) is 0 Å². The Labute approximate surface area is 145 Å². The van der Waals surface area contributed by atoms with Crippen molar-refractivity contribution in [2.45, 2.75) is 19.4 Å². The predicted molar refractivity (Wildman–Crippen MR) is 95.3 cm³/mol. The first-order valence-corrected chi connectivity index (χ1v) is 8.68. The second-order valence-corrected chi connectivity index (χ2v) is 6.65. The highest BCUT2D eigenvalue weighted by Crippen LogP contribution is 2.22. The molecule has 0 fully saturated rings. The van der Waals surface area contributed by atoms with E-state index >= 15 is 0 Å². The number of nitrogens with zero attached hydrogens (tertiary/aromatic N) is 1. The Bertz CT molecular complexity index is 711. The maximum atomic E-state index is 12.3. The largest absolute Gasteiger partial charge is 0.384 e. The second kappa shape index (κ2) is 7.59. The molecule has 5 nitrogen and oxygen atoms in total. The number of aliphatic hydroxyl groups is 1. The normalized spacial score (nSPS) is 13.2. The molecule has 2 aromatic rings. The minimum absolute atomic E-state index is 0.0929. The van der Waals surface area contributed by atoms with Crippen molar-refractivity contribution < 1.29 is 14.7 Å². The minimum atomic E-state index is -1.13. The number of thiophene rings is 1. The molecule has 128 valence electrons. The summed E-state index contributed by atoms with van der Waals surface area (Å²) in [5.41, 5.74) is 0.496. The van der Waals surface area contributed by atoms with E-state index in [-0.39, 0.29) is 18.4 Å². The Kier molecular flexibility index (Phi) is 5.75. The zero-order valence-corrected chi connectivity index (χ0v) is 14.9. The minimum Gasteiger partial charge on any atom is -0.384 e. The summed E-state index contributed by atoms with van der Waals surface area (Å²) in [5, 5.41) is 16.9. The van der Waals surface area contributed by atoms with Gasteiger partial charge in [-0.25, -0.2) is 0 Å². The molecular formula is C18H22N2O3S. The van der Waals surface area contributed by atoms with Crippen LogP contribution in [-0.4, -0.2) is 42.0 Å². The Hall–Kier alpha value is -2.18. The van der Waals surface area contributed by atoms with Gasteiger partial charge in [0, 0.05) is 24.7 Å². The summed E-state index contributed by atoms with van der Waals surface area (Å²) >= 11 is 1.49. The van der Waals surface area contributed by atoms with Gasteiger partial charge in [0.25, 0.3) is 11.8 Å². The fourth-order valence-corrected chi connectivity index (χ4v) is 2.97. The van der Waals surface area contributed by atoms with Crippen LogP contribution in [0.2, 0.25) is 0 Å². The summed E-state index contributed by atoms with van der Waals surface area (Å²) in [6.45, 7) is 4.24. The predicted octanol–water partition coefficient (Wildman–Crippen LogP) is 2.48. The van der Waals surface area contributed by atoms with Crippen LogP contribution in [0.3, 0.4) is 0 Å². The third kappa shape index (κ3) is 4.21. The zero-order chi connectivity index (χ0) is 17.7. The highest BCUT2D eigenvalue weighted by atomic mass is 32.1. The molecule has 2 amide bonds. The number of carbonyl (C=O) groups is 2. The van der Waals surface area contributed by atoms with Gasteiger partial charge < -0.3 is 15.3 Å². The smallest absolute Gasteiger partial charge is 0.253 e. The van der Waals surface area contributed by atoms with Gasteiger partial charge in [0.15, 0.2) is 0 Å². The Morgan fingerprint density at radius 2 is 2.00 bits per heavy atom. The van der Waals surface area contributed by atoms with E-state index in [0.29, 0.717) is 17.7 Å². The Morgan fingerprint density at radius 1 is 1.29 bits per heavy atom. The average Bonchev–Trinajstić information content (AvgIpc) is 3.14. The number of benzene rings is 1. The number of hydrogen-bond acceptors (Lipinski definition) is 4. The second-order valence-electron chi connectivity index (χ2n) is 5.87. The van der Waals surface area contributed by atoms with Crippen molar-refractivity contribution >= 4 is 23.2 Å². The molecule has 0 aliphatic rings. The van der Waals surface area contributed by atoms with Crippen molar-refractivity contribution in [3.63, 3.8) is 0 Å². The van der Waals surface area contributed by atoms with Gasteiger partial charge in [0.1, 0.15) is 5.60 Å². The topological polar surface area (TPSA) is 69.6 Å². The van der Waals surface area contributed by atoms with E-state index in [9.17, 15) is 14.7 Å². The molecule has 1 aromatic heterocycles. The van der Waals surface area contributed by atoms with Crippen LogP contribution in [0.15, 0.2) is 41.1 Å². The molecular weight excluding hydrogens is 324 g/mol. The van der Waals surface area contributed by atoms with Gasteiger partial charge in [-0.3, -0.25) is 9.59 Å². The maximum absolute atomic E-state index is 12.3. The molecule has 6 heteroatoms. The average molecular weight is 346 g/mol. The lowest BCUT2D eigenvalue weighted by molar-refractivity contribution is 0.0530. The molecule has 2 N–H and O–H groups in total. The van der Waals surface area contributed by atoms with E-state index in [1.165, 1.54) is 11.3 Å². The Morgan fingerprint density at radius 3 is 2.62 bits per heavy atom. The van der Waals surface area contributed by atoms with E-state index < -0.39 is 5.60 Å². The maximum Gasteiger partial charge on any atom is 0.253 e. The zero-order valence-electron chi connectivity index (χ0n) is 14.1. The van der Waals surface area contributed by atoms with Crippen LogP contribution in [0.25, 0.3) is 0 Å². The highest BCUT2D eigenvalue weighted by Gasteiger charge is 2.24.